The van der Waals surface area contributed by atoms with Gasteiger partial charge in [-0.1, -0.05) is 0 Å². The Hall–Kier alpha value is -1.09. The molecule has 3 nitrogen and oxygen atoms in total. The van der Waals surface area contributed by atoms with E-state index in [0.717, 1.165) is 24.0 Å². The Labute approximate surface area is 78.4 Å². The highest BCUT2D eigenvalue weighted by Gasteiger charge is 2.00. The molecule has 1 heterocycles. The quantitative estimate of drug-likeness (QED) is 0.761. The van der Waals surface area contributed by atoms with Crippen molar-refractivity contribution < 1.29 is 9.84 Å². The second kappa shape index (κ2) is 4.82. The Morgan fingerprint density at radius 1 is 1.54 bits per heavy atom. The molecule has 0 atom stereocenters. The third-order valence-electron chi connectivity index (χ3n) is 1.90. The Kier molecular flexibility index (Phi) is 3.71. The molecule has 0 saturated carbocycles. The van der Waals surface area contributed by atoms with Gasteiger partial charge in [-0.2, -0.15) is 0 Å². The molecule has 0 saturated heterocycles. The van der Waals surface area contributed by atoms with E-state index in [9.17, 15) is 0 Å². The van der Waals surface area contributed by atoms with Gasteiger partial charge < -0.3 is 9.84 Å². The number of aliphatic hydroxyl groups is 1. The van der Waals surface area contributed by atoms with Crippen LogP contribution in [0.1, 0.15) is 17.5 Å². The number of pyridine rings is 1. The number of aromatic nitrogens is 1. The predicted molar refractivity (Wildman–Crippen MR) is 50.9 cm³/mol. The average Bonchev–Trinajstić information content (AvgIpc) is 2.15. The molecular formula is C10H15NO2. The van der Waals surface area contributed by atoms with Gasteiger partial charge in [0, 0.05) is 18.4 Å². The van der Waals surface area contributed by atoms with Gasteiger partial charge in [0.1, 0.15) is 0 Å². The van der Waals surface area contributed by atoms with Crippen molar-refractivity contribution in [3.8, 4) is 5.88 Å². The number of nitrogens with zero attached hydrogens (tertiary/aromatic N) is 1. The third-order valence-corrected chi connectivity index (χ3v) is 1.90. The molecule has 13 heavy (non-hydrogen) atoms. The van der Waals surface area contributed by atoms with Gasteiger partial charge in [0.15, 0.2) is 0 Å². The number of hydrogen-bond acceptors (Lipinski definition) is 3. The molecule has 0 aromatic carbocycles. The Bertz CT molecular complexity index is 274. The molecule has 0 radical (unpaired) electrons. The maximum absolute atomic E-state index is 8.65. The van der Waals surface area contributed by atoms with Crippen LogP contribution in [-0.4, -0.2) is 23.8 Å². The smallest absolute Gasteiger partial charge is 0.215 e. The number of hydrogen-bond donors (Lipinski definition) is 1. The van der Waals surface area contributed by atoms with Crippen molar-refractivity contribution in [1.29, 1.82) is 0 Å². The van der Waals surface area contributed by atoms with Gasteiger partial charge in [0.2, 0.25) is 5.88 Å². The molecule has 72 valence electrons. The first-order valence-electron chi connectivity index (χ1n) is 4.38. The number of ether oxygens (including phenoxy) is 1. The van der Waals surface area contributed by atoms with Crippen molar-refractivity contribution in [2.24, 2.45) is 0 Å². The van der Waals surface area contributed by atoms with Crippen molar-refractivity contribution in [3.63, 3.8) is 0 Å². The lowest BCUT2D eigenvalue weighted by atomic mass is 10.1. The van der Waals surface area contributed by atoms with Gasteiger partial charge in [-0.3, -0.25) is 0 Å². The topological polar surface area (TPSA) is 42.4 Å². The highest BCUT2D eigenvalue weighted by molar-refractivity contribution is 5.28. The van der Waals surface area contributed by atoms with Crippen LogP contribution in [0.4, 0.5) is 0 Å². The summed E-state index contributed by atoms with van der Waals surface area (Å²) in [5.74, 6) is 0.674. The molecule has 1 rings (SSSR count). The molecule has 0 aliphatic rings. The van der Waals surface area contributed by atoms with Gasteiger partial charge in [-0.05, 0) is 31.4 Å². The fourth-order valence-electron chi connectivity index (χ4n) is 1.25. The van der Waals surface area contributed by atoms with E-state index in [4.69, 9.17) is 9.84 Å². The first-order valence-corrected chi connectivity index (χ1v) is 4.38. The van der Waals surface area contributed by atoms with Crippen LogP contribution in [0.5, 0.6) is 5.88 Å². The van der Waals surface area contributed by atoms with Crippen LogP contribution in [0.25, 0.3) is 0 Å². The minimum atomic E-state index is 0.227. The van der Waals surface area contributed by atoms with E-state index < -0.39 is 0 Å². The van der Waals surface area contributed by atoms with Crippen LogP contribution in [0, 0.1) is 6.92 Å². The van der Waals surface area contributed by atoms with Crippen molar-refractivity contribution in [2.45, 2.75) is 19.8 Å². The molecule has 1 aromatic rings. The van der Waals surface area contributed by atoms with Crippen LogP contribution in [0.3, 0.4) is 0 Å². The van der Waals surface area contributed by atoms with E-state index in [1.54, 1.807) is 13.3 Å². The monoisotopic (exact) mass is 181 g/mol. The highest BCUT2D eigenvalue weighted by Crippen LogP contribution is 2.15. The van der Waals surface area contributed by atoms with E-state index in [1.165, 1.54) is 0 Å². The van der Waals surface area contributed by atoms with Gasteiger partial charge in [0.25, 0.3) is 0 Å². The van der Waals surface area contributed by atoms with Crippen molar-refractivity contribution in [1.82, 2.24) is 4.98 Å². The lowest BCUT2D eigenvalue weighted by Gasteiger charge is -2.05. The fraction of sp³-hybridized carbons (Fsp3) is 0.500. The van der Waals surface area contributed by atoms with Crippen LogP contribution in [-0.2, 0) is 6.42 Å². The SMILES string of the molecule is COc1ncc(CCCO)cc1C. The Balaban J connectivity index is 2.71. The molecule has 0 bridgehead atoms. The fourth-order valence-corrected chi connectivity index (χ4v) is 1.25. The standard InChI is InChI=1S/C10H15NO2/c1-8-6-9(4-3-5-12)7-11-10(8)13-2/h6-7,12H,3-5H2,1-2H3. The van der Waals surface area contributed by atoms with Crippen molar-refractivity contribution >= 4 is 0 Å². The molecule has 0 aliphatic carbocycles. The predicted octanol–water partition coefficient (Wildman–Crippen LogP) is 1.32. The third kappa shape index (κ3) is 2.70. The zero-order chi connectivity index (χ0) is 9.68. The molecule has 0 spiro atoms. The molecule has 1 aromatic heterocycles. The minimum absolute atomic E-state index is 0.227. The van der Waals surface area contributed by atoms with Gasteiger partial charge in [0.05, 0.1) is 7.11 Å². The Morgan fingerprint density at radius 2 is 2.31 bits per heavy atom. The Morgan fingerprint density at radius 3 is 2.85 bits per heavy atom. The summed E-state index contributed by atoms with van der Waals surface area (Å²) in [6.07, 6.45) is 3.45. The maximum Gasteiger partial charge on any atom is 0.215 e. The lowest BCUT2D eigenvalue weighted by Crippen LogP contribution is -1.95. The van der Waals surface area contributed by atoms with E-state index in [1.807, 2.05) is 13.0 Å². The summed E-state index contributed by atoms with van der Waals surface area (Å²) in [6, 6.07) is 2.04. The molecule has 0 fully saturated rings. The summed E-state index contributed by atoms with van der Waals surface area (Å²) >= 11 is 0. The van der Waals surface area contributed by atoms with Crippen LogP contribution in [0.15, 0.2) is 12.3 Å². The van der Waals surface area contributed by atoms with Crippen molar-refractivity contribution in [2.75, 3.05) is 13.7 Å². The highest BCUT2D eigenvalue weighted by atomic mass is 16.5. The molecule has 0 unspecified atom stereocenters. The summed E-state index contributed by atoms with van der Waals surface area (Å²) in [5, 5.41) is 8.65. The zero-order valence-corrected chi connectivity index (χ0v) is 8.08. The number of rotatable bonds is 4. The molecule has 3 heteroatoms. The summed E-state index contributed by atoms with van der Waals surface area (Å²) < 4.78 is 5.04. The second-order valence-electron chi connectivity index (χ2n) is 3.00. The molecule has 0 aliphatic heterocycles. The molecular weight excluding hydrogens is 166 g/mol. The van der Waals surface area contributed by atoms with E-state index >= 15 is 0 Å². The number of methoxy groups -OCH3 is 1. The average molecular weight is 181 g/mol. The first kappa shape index (κ1) is 9.99. The summed E-state index contributed by atoms with van der Waals surface area (Å²) in [7, 11) is 1.61. The van der Waals surface area contributed by atoms with Crippen LogP contribution >= 0.6 is 0 Å². The number of aryl methyl sites for hydroxylation is 2. The first-order chi connectivity index (χ1) is 6.27. The minimum Gasteiger partial charge on any atom is -0.481 e. The molecule has 1 N–H and O–H groups in total. The normalized spacial score (nSPS) is 10.1. The van der Waals surface area contributed by atoms with Gasteiger partial charge >= 0.3 is 0 Å². The van der Waals surface area contributed by atoms with E-state index in [0.29, 0.717) is 5.88 Å². The zero-order valence-electron chi connectivity index (χ0n) is 8.08. The largest absolute Gasteiger partial charge is 0.481 e. The van der Waals surface area contributed by atoms with E-state index in [-0.39, 0.29) is 6.61 Å². The van der Waals surface area contributed by atoms with Gasteiger partial charge in [-0.15, -0.1) is 0 Å². The summed E-state index contributed by atoms with van der Waals surface area (Å²) in [4.78, 5) is 4.15. The maximum atomic E-state index is 8.65. The summed E-state index contributed by atoms with van der Waals surface area (Å²) in [5.41, 5.74) is 2.19. The van der Waals surface area contributed by atoms with Gasteiger partial charge in [-0.25, -0.2) is 4.98 Å². The second-order valence-corrected chi connectivity index (χ2v) is 3.00. The lowest BCUT2D eigenvalue weighted by molar-refractivity contribution is 0.288. The van der Waals surface area contributed by atoms with Crippen molar-refractivity contribution in [3.05, 3.63) is 23.4 Å². The summed E-state index contributed by atoms with van der Waals surface area (Å²) in [6.45, 7) is 2.19. The van der Waals surface area contributed by atoms with Crippen LogP contribution in [0.2, 0.25) is 0 Å². The molecule has 0 amide bonds. The van der Waals surface area contributed by atoms with E-state index in [2.05, 4.69) is 4.98 Å². The number of aliphatic hydroxyl groups excluding tert-OH is 1. The van der Waals surface area contributed by atoms with Crippen LogP contribution < -0.4 is 4.74 Å².